The predicted octanol–water partition coefficient (Wildman–Crippen LogP) is 36.1. The van der Waals surface area contributed by atoms with Gasteiger partial charge in [-0.3, -0.25) is 0 Å². The lowest BCUT2D eigenvalue weighted by Crippen LogP contribution is -2.34. The summed E-state index contributed by atoms with van der Waals surface area (Å²) in [5.41, 5.74) is 10.2. The second-order valence-electron chi connectivity index (χ2n) is 38.6. The van der Waals surface area contributed by atoms with Crippen molar-refractivity contribution in [2.45, 2.75) is 479 Å². The SMILES string of the molecule is CCCCOCC(C)CC.CCCCOCC(C)COCC(C)CC.CCCCOCC(CC)(CC)CC.CCCCOCC(CC)(CC)CC.CCCCOCC(CC)(CC)COCC(CC)(CC)CC.CCCCOCC(CC)(CC)COCC(CC)(CC)CC.CCCCc1c(C)cccc1OC.CCCCc1ccc(C)c(OC)c1.CCCCc1ccc(C)cc1. The summed E-state index contributed by atoms with van der Waals surface area (Å²) in [4.78, 5) is 0. The Bertz CT molecular complexity index is 2610. The lowest BCUT2D eigenvalue weighted by atomic mass is 9.80. The quantitative estimate of drug-likeness (QED) is 0.0505. The molecular weight excluding hydrogens is 1610 g/mol. The van der Waals surface area contributed by atoms with E-state index in [4.69, 9.17) is 52.1 Å². The summed E-state index contributed by atoms with van der Waals surface area (Å²) >= 11 is 0. The van der Waals surface area contributed by atoms with Crippen LogP contribution in [0, 0.1) is 71.0 Å². The smallest absolute Gasteiger partial charge is 0.122 e. The molecule has 0 aliphatic rings. The zero-order valence-electron chi connectivity index (χ0n) is 94.3. The Kier molecular flexibility index (Phi) is 100. The van der Waals surface area contributed by atoms with E-state index in [1.807, 2.05) is 12.1 Å². The van der Waals surface area contributed by atoms with E-state index in [2.05, 4.69) is 277 Å². The van der Waals surface area contributed by atoms with Crippen LogP contribution in [0.4, 0.5) is 0 Å². The minimum Gasteiger partial charge on any atom is -0.496 e. The molecule has 774 valence electrons. The Balaban J connectivity index is -0.000000336. The van der Waals surface area contributed by atoms with Crippen LogP contribution in [0.2, 0.25) is 0 Å². The first-order valence-electron chi connectivity index (χ1n) is 55.0. The van der Waals surface area contributed by atoms with Crippen LogP contribution in [0.15, 0.2) is 60.7 Å². The fourth-order valence-corrected chi connectivity index (χ4v) is 14.6. The van der Waals surface area contributed by atoms with Gasteiger partial charge in [0.05, 0.1) is 80.3 Å². The summed E-state index contributed by atoms with van der Waals surface area (Å²) in [6.07, 6.45) is 47.1. The Morgan fingerprint density at radius 1 is 0.238 bits per heavy atom. The van der Waals surface area contributed by atoms with Gasteiger partial charge >= 0.3 is 0 Å². The lowest BCUT2D eigenvalue weighted by Gasteiger charge is -2.35. The monoisotopic (exact) mass is 1840 g/mol. The average Bonchev–Trinajstić information content (AvgIpc) is 0.806. The van der Waals surface area contributed by atoms with Gasteiger partial charge in [-0.2, -0.15) is 0 Å². The molecule has 0 N–H and O–H groups in total. The molecule has 3 unspecified atom stereocenters. The fourth-order valence-electron chi connectivity index (χ4n) is 14.6. The molecule has 0 aliphatic carbocycles. The van der Waals surface area contributed by atoms with Gasteiger partial charge in [0.1, 0.15) is 11.5 Å². The summed E-state index contributed by atoms with van der Waals surface area (Å²) in [6.45, 7) is 89.7. The van der Waals surface area contributed by atoms with Crippen molar-refractivity contribution in [3.63, 3.8) is 0 Å². The molecule has 130 heavy (non-hydrogen) atoms. The topological polar surface area (TPSA) is 102 Å². The maximum absolute atomic E-state index is 6.20. The fraction of sp³-hybridized carbons (Fsp3) is 0.849. The molecular formula is C119H232O11. The van der Waals surface area contributed by atoms with Crippen molar-refractivity contribution < 1.29 is 52.1 Å². The Morgan fingerprint density at radius 3 is 0.808 bits per heavy atom. The van der Waals surface area contributed by atoms with Gasteiger partial charge in [0.25, 0.3) is 0 Å². The standard InChI is InChI=1S/2C19H40O2.C13H28O2.2C12H18O.2C12H26O.C11H16.C9H20O/c2*1-7-13-14-20-16-19(11-5,12-6)17-21-15-18(8-2,9-3)10-4;1-5-7-8-14-10-13(4)11-15-9-12(3)6-2;1-4-5-8-11-10(2)7-6-9-12(11)13-3;1-4-5-6-11-8-7-10(2)12(9-11)13-3;2*1-5-9-10-13-11-12(6-2,7-3)8-4;1-3-4-5-11-8-6-10(2)7-9-11;1-4-6-7-10-8-9(3)5-2/h2*7-17H2,1-6H3;12-13H,5-11H2,1-4H3;6-7,9H,4-5,8H2,1-3H3;7-9H,4-6H2,1-3H3;2*5-11H2,1-4H3;6-9H,3-5H2,1-2H3;9H,4-8H2,1-3H3. The normalized spacial score (nSPS) is 12.2. The van der Waals surface area contributed by atoms with Crippen LogP contribution in [-0.2, 0) is 61.9 Å². The number of ether oxygens (including phenoxy) is 11. The number of unbranched alkanes of at least 4 members (excludes halogenated alkanes) is 9. The minimum atomic E-state index is 0.203. The number of hydrogen-bond acceptors (Lipinski definition) is 11. The van der Waals surface area contributed by atoms with E-state index in [0.717, 1.165) is 188 Å². The molecule has 0 saturated carbocycles. The zero-order valence-corrected chi connectivity index (χ0v) is 94.3. The maximum atomic E-state index is 6.20. The molecule has 0 aromatic heterocycles. The molecule has 11 heteroatoms. The van der Waals surface area contributed by atoms with Crippen LogP contribution in [0.25, 0.3) is 0 Å². The molecule has 0 amide bonds. The first-order chi connectivity index (χ1) is 62.5. The van der Waals surface area contributed by atoms with Crippen LogP contribution in [0.5, 0.6) is 11.5 Å². The molecule has 3 atom stereocenters. The summed E-state index contributed by atoms with van der Waals surface area (Å²) < 4.78 is 62.8. The van der Waals surface area contributed by atoms with Crippen molar-refractivity contribution in [1.82, 2.24) is 0 Å². The maximum Gasteiger partial charge on any atom is 0.122 e. The molecule has 3 rings (SSSR count). The average molecular weight is 1840 g/mol. The molecule has 0 saturated heterocycles. The third kappa shape index (κ3) is 71.4. The Morgan fingerprint density at radius 2 is 0.500 bits per heavy atom. The van der Waals surface area contributed by atoms with Crippen LogP contribution in [-0.4, -0.2) is 133 Å². The zero-order chi connectivity index (χ0) is 99.5. The van der Waals surface area contributed by atoms with Crippen LogP contribution < -0.4 is 9.47 Å². The van der Waals surface area contributed by atoms with Gasteiger partial charge in [0.2, 0.25) is 0 Å². The molecule has 0 fully saturated rings. The summed E-state index contributed by atoms with van der Waals surface area (Å²) in [5, 5.41) is 0. The van der Waals surface area contributed by atoms with Gasteiger partial charge in [0, 0.05) is 69.6 Å². The van der Waals surface area contributed by atoms with E-state index in [1.54, 1.807) is 14.2 Å². The van der Waals surface area contributed by atoms with E-state index in [0.29, 0.717) is 33.5 Å². The number of rotatable bonds is 71. The largest absolute Gasteiger partial charge is 0.496 e. The number of hydrogen-bond donors (Lipinski definition) is 0. The highest BCUT2D eigenvalue weighted by molar-refractivity contribution is 5.39. The molecule has 0 aliphatic heterocycles. The van der Waals surface area contributed by atoms with Crippen molar-refractivity contribution in [1.29, 1.82) is 0 Å². The predicted molar refractivity (Wildman–Crippen MR) is 577 cm³/mol. The van der Waals surface area contributed by atoms with E-state index < -0.39 is 0 Å². The van der Waals surface area contributed by atoms with Crippen LogP contribution in [0.3, 0.4) is 0 Å². The third-order valence-electron chi connectivity index (χ3n) is 28.7. The van der Waals surface area contributed by atoms with E-state index >= 15 is 0 Å². The highest BCUT2D eigenvalue weighted by Crippen LogP contribution is 2.37. The van der Waals surface area contributed by atoms with E-state index in [9.17, 15) is 0 Å². The van der Waals surface area contributed by atoms with E-state index in [-0.39, 0.29) is 10.8 Å². The Hall–Kier alpha value is -3.10. The molecule has 11 nitrogen and oxygen atoms in total. The first kappa shape index (κ1) is 138. The highest BCUT2D eigenvalue weighted by Gasteiger charge is 2.33. The van der Waals surface area contributed by atoms with Crippen molar-refractivity contribution in [2.24, 2.45) is 50.2 Å². The first-order valence-corrected chi connectivity index (χ1v) is 55.0. The van der Waals surface area contributed by atoms with Gasteiger partial charge in [-0.15, -0.1) is 0 Å². The van der Waals surface area contributed by atoms with Crippen LogP contribution >= 0.6 is 0 Å². The second-order valence-corrected chi connectivity index (χ2v) is 38.6. The molecule has 3 aromatic rings. The molecule has 0 spiro atoms. The van der Waals surface area contributed by atoms with Gasteiger partial charge in [-0.05, 0) is 274 Å². The van der Waals surface area contributed by atoms with Gasteiger partial charge in [0.15, 0.2) is 0 Å². The van der Waals surface area contributed by atoms with Crippen molar-refractivity contribution in [3.05, 3.63) is 94.0 Å². The highest BCUT2D eigenvalue weighted by atomic mass is 16.5. The molecule has 0 bridgehead atoms. The van der Waals surface area contributed by atoms with Crippen LogP contribution in [0.1, 0.15) is 472 Å². The third-order valence-corrected chi connectivity index (χ3v) is 28.7. The van der Waals surface area contributed by atoms with Crippen molar-refractivity contribution in [3.8, 4) is 11.5 Å². The molecule has 3 aromatic carbocycles. The molecule has 0 heterocycles. The Labute approximate surface area is 815 Å². The second kappa shape index (κ2) is 94.8. The van der Waals surface area contributed by atoms with Crippen molar-refractivity contribution in [2.75, 3.05) is 133 Å². The van der Waals surface area contributed by atoms with Gasteiger partial charge < -0.3 is 52.1 Å². The number of benzene rings is 3. The number of methoxy groups -OCH3 is 2. The minimum absolute atomic E-state index is 0.203. The summed E-state index contributed by atoms with van der Waals surface area (Å²) in [5.74, 6) is 3.98. The van der Waals surface area contributed by atoms with Gasteiger partial charge in [-0.25, -0.2) is 0 Å². The van der Waals surface area contributed by atoms with Gasteiger partial charge in [-0.1, -0.05) is 332 Å². The van der Waals surface area contributed by atoms with Crippen molar-refractivity contribution >= 4 is 0 Å². The number of aryl methyl sites for hydroxylation is 5. The summed E-state index contributed by atoms with van der Waals surface area (Å²) in [7, 11) is 3.47. The summed E-state index contributed by atoms with van der Waals surface area (Å²) in [6, 6.07) is 21.5. The van der Waals surface area contributed by atoms with E-state index in [1.165, 1.54) is 232 Å². The lowest BCUT2D eigenvalue weighted by molar-refractivity contribution is -0.0534. The molecule has 0 radical (unpaired) electrons.